The molecule has 1 rings (SSSR count). The first-order valence-corrected chi connectivity index (χ1v) is 6.01. The molecule has 7 heteroatoms. The van der Waals surface area contributed by atoms with Gasteiger partial charge in [-0.25, -0.2) is 0 Å². The van der Waals surface area contributed by atoms with Crippen molar-refractivity contribution < 1.29 is 26.3 Å². The van der Waals surface area contributed by atoms with Gasteiger partial charge in [-0.1, -0.05) is 41.9 Å². The Morgan fingerprint density at radius 2 is 1.12 bits per heavy atom. The van der Waals surface area contributed by atoms with Gasteiger partial charge in [0.2, 0.25) is 3.42 Å². The minimum atomic E-state index is -5.24. The molecule has 0 atom stereocenters. The molecular weight excluding hydrogens is 349 g/mol. The molecule has 0 aromatic rings. The fourth-order valence-corrected chi connectivity index (χ4v) is 2.75. The molecule has 0 amide bonds. The van der Waals surface area contributed by atoms with E-state index in [1.165, 1.54) is 0 Å². The fraction of sp³-hybridized carbons (Fsp3) is 1.00. The van der Waals surface area contributed by atoms with Crippen LogP contribution in [0.15, 0.2) is 0 Å². The van der Waals surface area contributed by atoms with E-state index in [-0.39, 0.29) is 12.8 Å². The van der Waals surface area contributed by atoms with Gasteiger partial charge in [-0.15, -0.1) is 0 Å². The van der Waals surface area contributed by atoms with E-state index in [0.717, 1.165) is 6.42 Å². The van der Waals surface area contributed by atoms with Gasteiger partial charge in [0.15, 0.2) is 0 Å². The van der Waals surface area contributed by atoms with Crippen molar-refractivity contribution in [3.63, 3.8) is 0 Å². The minimum Gasteiger partial charge on any atom is -0.169 e. The Hall–Kier alpha value is 0.310. The summed E-state index contributed by atoms with van der Waals surface area (Å²) in [6.45, 7) is 0. The molecule has 0 radical (unpaired) electrons. The van der Waals surface area contributed by atoms with Crippen LogP contribution >= 0.6 is 22.6 Å². The molecule has 0 nitrogen and oxygen atoms in total. The van der Waals surface area contributed by atoms with Gasteiger partial charge in [-0.05, 0) is 18.8 Å². The zero-order valence-corrected chi connectivity index (χ0v) is 10.4. The SMILES string of the molecule is FC(F)(F)C(I)(C1CCCCC1)C(F)(F)F. The Labute approximate surface area is 103 Å². The lowest BCUT2D eigenvalue weighted by molar-refractivity contribution is -0.272. The lowest BCUT2D eigenvalue weighted by Crippen LogP contribution is -2.57. The zero-order valence-electron chi connectivity index (χ0n) is 8.26. The minimum absolute atomic E-state index is 0.00194. The van der Waals surface area contributed by atoms with Crippen molar-refractivity contribution in [2.24, 2.45) is 5.92 Å². The van der Waals surface area contributed by atoms with E-state index in [1.807, 2.05) is 0 Å². The molecule has 0 spiro atoms. The number of hydrogen-bond acceptors (Lipinski definition) is 0. The molecule has 0 aliphatic heterocycles. The Balaban J connectivity index is 3.04. The van der Waals surface area contributed by atoms with Crippen molar-refractivity contribution in [2.75, 3.05) is 0 Å². The van der Waals surface area contributed by atoms with Crippen LogP contribution < -0.4 is 0 Å². The smallest absolute Gasteiger partial charge is 0.169 e. The average molecular weight is 360 g/mol. The van der Waals surface area contributed by atoms with Crippen LogP contribution in [0.25, 0.3) is 0 Å². The number of rotatable bonds is 1. The number of hydrogen-bond donors (Lipinski definition) is 0. The normalized spacial score (nSPS) is 21.2. The molecule has 1 fully saturated rings. The highest BCUT2D eigenvalue weighted by Crippen LogP contribution is 2.57. The Kier molecular flexibility index (Phi) is 4.07. The van der Waals surface area contributed by atoms with Gasteiger partial charge in [0.25, 0.3) is 0 Å². The van der Waals surface area contributed by atoms with Gasteiger partial charge < -0.3 is 0 Å². The van der Waals surface area contributed by atoms with Crippen LogP contribution in [0.1, 0.15) is 32.1 Å². The van der Waals surface area contributed by atoms with Gasteiger partial charge in [-0.3, -0.25) is 0 Å². The molecule has 1 aliphatic carbocycles. The first-order chi connectivity index (χ1) is 7.11. The third kappa shape index (κ3) is 2.43. The highest BCUT2D eigenvalue weighted by Gasteiger charge is 2.72. The number of alkyl halides is 7. The van der Waals surface area contributed by atoms with Gasteiger partial charge in [0.1, 0.15) is 0 Å². The van der Waals surface area contributed by atoms with Crippen molar-refractivity contribution in [1.82, 2.24) is 0 Å². The van der Waals surface area contributed by atoms with E-state index < -0.39 is 21.7 Å². The zero-order chi connectivity index (χ0) is 12.6. The van der Waals surface area contributed by atoms with E-state index in [2.05, 4.69) is 0 Å². The van der Waals surface area contributed by atoms with Crippen LogP contribution in [0.3, 0.4) is 0 Å². The van der Waals surface area contributed by atoms with Gasteiger partial charge in [0.05, 0.1) is 0 Å². The van der Waals surface area contributed by atoms with E-state index >= 15 is 0 Å². The molecular formula is C9H11F6I. The van der Waals surface area contributed by atoms with Gasteiger partial charge in [-0.2, -0.15) is 26.3 Å². The van der Waals surface area contributed by atoms with Gasteiger partial charge in [0, 0.05) is 0 Å². The second-order valence-electron chi connectivity index (χ2n) is 4.04. The molecule has 0 heterocycles. The van der Waals surface area contributed by atoms with Crippen LogP contribution in [0.2, 0.25) is 0 Å². The third-order valence-corrected chi connectivity index (χ3v) is 5.10. The summed E-state index contributed by atoms with van der Waals surface area (Å²) in [5.41, 5.74) is 0. The third-order valence-electron chi connectivity index (χ3n) is 2.99. The van der Waals surface area contributed by atoms with Crippen molar-refractivity contribution >= 4 is 22.6 Å². The van der Waals surface area contributed by atoms with Crippen molar-refractivity contribution in [2.45, 2.75) is 47.9 Å². The average Bonchev–Trinajstić information content (AvgIpc) is 2.14. The largest absolute Gasteiger partial charge is 0.412 e. The van der Waals surface area contributed by atoms with E-state index in [1.54, 1.807) is 0 Å². The first-order valence-electron chi connectivity index (χ1n) is 4.93. The summed E-state index contributed by atoms with van der Waals surface area (Å²) in [6, 6.07) is 0. The topological polar surface area (TPSA) is 0 Å². The van der Waals surface area contributed by atoms with Crippen molar-refractivity contribution in [3.05, 3.63) is 0 Å². The molecule has 0 aromatic heterocycles. The maximum atomic E-state index is 12.7. The van der Waals surface area contributed by atoms with E-state index in [9.17, 15) is 26.3 Å². The maximum absolute atomic E-state index is 12.7. The standard InChI is InChI=1S/C9H11F6I/c10-8(11,12)7(16,9(13,14)15)6-4-2-1-3-5-6/h6H,1-5H2. The summed E-state index contributed by atoms with van der Waals surface area (Å²) in [6.07, 6.45) is -8.87. The first kappa shape index (κ1) is 14.4. The van der Waals surface area contributed by atoms with Crippen molar-refractivity contribution in [3.8, 4) is 0 Å². The number of halogens is 7. The van der Waals surface area contributed by atoms with Crippen LogP contribution in [0.4, 0.5) is 26.3 Å². The molecule has 0 saturated heterocycles. The summed E-state index contributed by atoms with van der Waals surface area (Å²) in [7, 11) is 0. The fourth-order valence-electron chi connectivity index (χ4n) is 2.12. The molecule has 16 heavy (non-hydrogen) atoms. The highest BCUT2D eigenvalue weighted by molar-refractivity contribution is 14.1. The molecule has 0 unspecified atom stereocenters. The predicted molar refractivity (Wildman–Crippen MR) is 55.4 cm³/mol. The predicted octanol–water partition coefficient (Wildman–Crippen LogP) is 4.87. The van der Waals surface area contributed by atoms with Crippen LogP contribution in [0, 0.1) is 5.92 Å². The van der Waals surface area contributed by atoms with Crippen LogP contribution in [-0.4, -0.2) is 15.8 Å². The Morgan fingerprint density at radius 1 is 0.750 bits per heavy atom. The van der Waals surface area contributed by atoms with Gasteiger partial charge >= 0.3 is 12.4 Å². The van der Waals surface area contributed by atoms with E-state index in [0.29, 0.717) is 35.4 Å². The lowest BCUT2D eigenvalue weighted by atomic mass is 9.79. The van der Waals surface area contributed by atoms with Crippen molar-refractivity contribution in [1.29, 1.82) is 0 Å². The molecule has 0 aromatic carbocycles. The van der Waals surface area contributed by atoms with E-state index in [4.69, 9.17) is 0 Å². The summed E-state index contributed by atoms with van der Waals surface area (Å²) >= 11 is 0.558. The summed E-state index contributed by atoms with van der Waals surface area (Å²) in [5.74, 6) is -1.35. The Morgan fingerprint density at radius 3 is 1.44 bits per heavy atom. The summed E-state index contributed by atoms with van der Waals surface area (Å²) < 4.78 is 72.4. The molecule has 1 aliphatic rings. The van der Waals surface area contributed by atoms with Crippen LogP contribution in [-0.2, 0) is 0 Å². The quantitative estimate of drug-likeness (QED) is 0.356. The summed E-state index contributed by atoms with van der Waals surface area (Å²) in [4.78, 5) is 0. The second kappa shape index (κ2) is 4.53. The second-order valence-corrected chi connectivity index (χ2v) is 5.74. The Bertz CT molecular complexity index is 223. The lowest BCUT2D eigenvalue weighted by Gasteiger charge is -2.40. The summed E-state index contributed by atoms with van der Waals surface area (Å²) in [5, 5.41) is 0. The molecule has 96 valence electrons. The molecule has 0 bridgehead atoms. The molecule has 0 N–H and O–H groups in total. The highest BCUT2D eigenvalue weighted by atomic mass is 127. The van der Waals surface area contributed by atoms with Crippen LogP contribution in [0.5, 0.6) is 0 Å². The molecule has 1 saturated carbocycles. The maximum Gasteiger partial charge on any atom is 0.412 e. The monoisotopic (exact) mass is 360 g/mol.